The van der Waals surface area contributed by atoms with E-state index in [1.54, 1.807) is 12.1 Å². The highest BCUT2D eigenvalue weighted by molar-refractivity contribution is 5.78. The minimum Gasteiger partial charge on any atom is -0.493 e. The standard InChI is InChI=1S/C22H29N3O3/c23-13-17-1-5-19(6-2-17)28-16-21(14-24-18-3-4-18)9-11-25(12-10-21)15-22(7-8-22)20(26)27/h1-2,5-6,18,24H,3-4,7-12,14-16H2,(H,26,27). The molecule has 6 nitrogen and oxygen atoms in total. The number of benzene rings is 1. The number of carboxylic acid groups (broad SMARTS) is 1. The average Bonchev–Trinajstić information content (AvgIpc) is 3.63. The molecule has 28 heavy (non-hydrogen) atoms. The highest BCUT2D eigenvalue weighted by Crippen LogP contribution is 2.47. The first-order chi connectivity index (χ1) is 13.5. The second-order valence-electron chi connectivity index (χ2n) is 8.94. The Kier molecular flexibility index (Phi) is 5.31. The molecule has 1 aromatic carbocycles. The molecule has 0 radical (unpaired) electrons. The normalized spacial score (nSPS) is 23.0. The van der Waals surface area contributed by atoms with Gasteiger partial charge in [-0.25, -0.2) is 0 Å². The van der Waals surface area contributed by atoms with Crippen molar-refractivity contribution in [2.24, 2.45) is 10.8 Å². The number of nitrogens with zero attached hydrogens (tertiary/aromatic N) is 2. The predicted octanol–water partition coefficient (Wildman–Crippen LogP) is 2.64. The summed E-state index contributed by atoms with van der Waals surface area (Å²) in [5.74, 6) is 0.166. The van der Waals surface area contributed by atoms with Crippen LogP contribution in [0.4, 0.5) is 0 Å². The van der Waals surface area contributed by atoms with E-state index in [-0.39, 0.29) is 5.41 Å². The molecule has 0 atom stereocenters. The Morgan fingerprint density at radius 2 is 1.89 bits per heavy atom. The zero-order chi connectivity index (χ0) is 19.6. The highest BCUT2D eigenvalue weighted by atomic mass is 16.5. The van der Waals surface area contributed by atoms with Crippen LogP contribution in [-0.2, 0) is 4.79 Å². The van der Waals surface area contributed by atoms with E-state index in [4.69, 9.17) is 10.00 Å². The Morgan fingerprint density at radius 3 is 2.43 bits per heavy atom. The first-order valence-corrected chi connectivity index (χ1v) is 10.3. The number of carbonyl (C=O) groups is 1. The largest absolute Gasteiger partial charge is 0.493 e. The summed E-state index contributed by atoms with van der Waals surface area (Å²) in [5, 5.41) is 22.1. The molecular formula is C22H29N3O3. The van der Waals surface area contributed by atoms with E-state index in [2.05, 4.69) is 16.3 Å². The van der Waals surface area contributed by atoms with E-state index in [0.29, 0.717) is 24.8 Å². The monoisotopic (exact) mass is 383 g/mol. The Labute approximate surface area is 166 Å². The SMILES string of the molecule is N#Cc1ccc(OCC2(CNC3CC3)CCN(CC3(C(=O)O)CC3)CC2)cc1. The van der Waals surface area contributed by atoms with Gasteiger partial charge in [0.1, 0.15) is 5.75 Å². The molecule has 1 aliphatic heterocycles. The Hall–Kier alpha value is -2.10. The van der Waals surface area contributed by atoms with Crippen LogP contribution in [0.5, 0.6) is 5.75 Å². The van der Waals surface area contributed by atoms with Crippen molar-refractivity contribution in [1.82, 2.24) is 10.2 Å². The first-order valence-electron chi connectivity index (χ1n) is 10.3. The van der Waals surface area contributed by atoms with Crippen LogP contribution in [0.25, 0.3) is 0 Å². The number of rotatable bonds is 9. The molecule has 2 N–H and O–H groups in total. The first kappa shape index (κ1) is 19.2. The van der Waals surface area contributed by atoms with Gasteiger partial charge in [-0.2, -0.15) is 5.26 Å². The molecule has 2 saturated carbocycles. The fraction of sp³-hybridized carbons (Fsp3) is 0.636. The number of piperidine rings is 1. The van der Waals surface area contributed by atoms with Gasteiger partial charge in [0.15, 0.2) is 0 Å². The number of aliphatic carboxylic acids is 1. The summed E-state index contributed by atoms with van der Waals surface area (Å²) in [5.41, 5.74) is 0.233. The zero-order valence-corrected chi connectivity index (χ0v) is 16.3. The van der Waals surface area contributed by atoms with Gasteiger partial charge in [-0.3, -0.25) is 4.79 Å². The number of hydrogen-bond acceptors (Lipinski definition) is 5. The number of nitrogens with one attached hydrogen (secondary N) is 1. The van der Waals surface area contributed by atoms with Gasteiger partial charge in [-0.05, 0) is 75.9 Å². The van der Waals surface area contributed by atoms with Gasteiger partial charge in [0.25, 0.3) is 0 Å². The minimum absolute atomic E-state index is 0.0763. The minimum atomic E-state index is -0.635. The van der Waals surface area contributed by atoms with Crippen LogP contribution >= 0.6 is 0 Å². The predicted molar refractivity (Wildman–Crippen MR) is 105 cm³/mol. The van der Waals surface area contributed by atoms with Crippen LogP contribution in [-0.4, -0.2) is 54.8 Å². The molecule has 0 unspecified atom stereocenters. The van der Waals surface area contributed by atoms with E-state index in [1.165, 1.54) is 12.8 Å². The third kappa shape index (κ3) is 4.48. The van der Waals surface area contributed by atoms with Gasteiger partial charge < -0.3 is 20.1 Å². The summed E-state index contributed by atoms with van der Waals surface area (Å²) in [6, 6.07) is 10.1. The third-order valence-electron chi connectivity index (χ3n) is 6.62. The average molecular weight is 383 g/mol. The molecule has 1 aromatic rings. The Morgan fingerprint density at radius 1 is 1.21 bits per heavy atom. The lowest BCUT2D eigenvalue weighted by molar-refractivity contribution is -0.144. The Bertz CT molecular complexity index is 739. The number of nitriles is 1. The van der Waals surface area contributed by atoms with Crippen molar-refractivity contribution in [3.05, 3.63) is 29.8 Å². The molecule has 0 amide bonds. The van der Waals surface area contributed by atoms with Gasteiger partial charge >= 0.3 is 5.97 Å². The molecule has 6 heteroatoms. The topological polar surface area (TPSA) is 85.6 Å². The molecule has 1 saturated heterocycles. The summed E-state index contributed by atoms with van der Waals surface area (Å²) >= 11 is 0. The molecule has 3 aliphatic rings. The molecule has 0 spiro atoms. The fourth-order valence-electron chi connectivity index (χ4n) is 4.09. The Balaban J connectivity index is 1.35. The van der Waals surface area contributed by atoms with Gasteiger partial charge in [0, 0.05) is 24.5 Å². The number of likely N-dealkylation sites (tertiary alicyclic amines) is 1. The fourth-order valence-corrected chi connectivity index (χ4v) is 4.09. The summed E-state index contributed by atoms with van der Waals surface area (Å²) in [4.78, 5) is 13.8. The van der Waals surface area contributed by atoms with Crippen molar-refractivity contribution in [2.45, 2.75) is 44.6 Å². The highest BCUT2D eigenvalue weighted by Gasteiger charge is 2.51. The summed E-state index contributed by atoms with van der Waals surface area (Å²) < 4.78 is 6.13. The van der Waals surface area contributed by atoms with E-state index >= 15 is 0 Å². The van der Waals surface area contributed by atoms with E-state index in [9.17, 15) is 9.90 Å². The van der Waals surface area contributed by atoms with Crippen molar-refractivity contribution in [2.75, 3.05) is 32.8 Å². The molecule has 2 aliphatic carbocycles. The summed E-state index contributed by atoms with van der Waals surface area (Å²) in [6.45, 7) is 4.14. The van der Waals surface area contributed by atoms with Gasteiger partial charge in [-0.1, -0.05) is 0 Å². The van der Waals surface area contributed by atoms with Gasteiger partial charge in [0.2, 0.25) is 0 Å². The van der Waals surface area contributed by atoms with Gasteiger partial charge in [-0.15, -0.1) is 0 Å². The molecule has 0 bridgehead atoms. The van der Waals surface area contributed by atoms with Crippen molar-refractivity contribution < 1.29 is 14.6 Å². The van der Waals surface area contributed by atoms with Gasteiger partial charge in [0.05, 0.1) is 23.7 Å². The van der Waals surface area contributed by atoms with Crippen molar-refractivity contribution in [3.8, 4) is 11.8 Å². The maximum absolute atomic E-state index is 11.5. The van der Waals surface area contributed by atoms with Crippen LogP contribution in [0.2, 0.25) is 0 Å². The summed E-state index contributed by atoms with van der Waals surface area (Å²) in [7, 11) is 0. The maximum Gasteiger partial charge on any atom is 0.310 e. The quantitative estimate of drug-likeness (QED) is 0.682. The van der Waals surface area contributed by atoms with Crippen LogP contribution in [0, 0.1) is 22.2 Å². The number of carboxylic acids is 1. The smallest absolute Gasteiger partial charge is 0.310 e. The number of hydrogen-bond donors (Lipinski definition) is 2. The third-order valence-corrected chi connectivity index (χ3v) is 6.62. The summed E-state index contributed by atoms with van der Waals surface area (Å²) in [6.07, 6.45) is 6.18. The molecule has 3 fully saturated rings. The molecule has 150 valence electrons. The lowest BCUT2D eigenvalue weighted by atomic mass is 9.78. The van der Waals surface area contributed by atoms with Crippen LogP contribution in [0.3, 0.4) is 0 Å². The maximum atomic E-state index is 11.5. The van der Waals surface area contributed by atoms with Crippen LogP contribution in [0.1, 0.15) is 44.1 Å². The molecule has 1 heterocycles. The lowest BCUT2D eigenvalue weighted by Gasteiger charge is -2.42. The van der Waals surface area contributed by atoms with E-state index in [1.807, 2.05) is 12.1 Å². The van der Waals surface area contributed by atoms with Crippen molar-refractivity contribution in [3.63, 3.8) is 0 Å². The molecule has 4 rings (SSSR count). The van der Waals surface area contributed by atoms with Crippen molar-refractivity contribution in [1.29, 1.82) is 5.26 Å². The second-order valence-corrected chi connectivity index (χ2v) is 8.94. The molecule has 0 aromatic heterocycles. The lowest BCUT2D eigenvalue weighted by Crippen LogP contribution is -2.50. The van der Waals surface area contributed by atoms with Crippen molar-refractivity contribution >= 4 is 5.97 Å². The van der Waals surface area contributed by atoms with Crippen LogP contribution in [0.15, 0.2) is 24.3 Å². The molecular weight excluding hydrogens is 354 g/mol. The second kappa shape index (κ2) is 7.73. The van der Waals surface area contributed by atoms with Crippen LogP contribution < -0.4 is 10.1 Å². The number of ether oxygens (including phenoxy) is 1. The zero-order valence-electron chi connectivity index (χ0n) is 16.3. The van der Waals surface area contributed by atoms with E-state index in [0.717, 1.165) is 51.1 Å². The van der Waals surface area contributed by atoms with E-state index < -0.39 is 11.4 Å².